The van der Waals surface area contributed by atoms with Gasteiger partial charge in [-0.05, 0) is 25.1 Å². The molecular weight excluding hydrogens is 358 g/mol. The van der Waals surface area contributed by atoms with E-state index in [9.17, 15) is 4.21 Å². The van der Waals surface area contributed by atoms with Gasteiger partial charge < -0.3 is 10.2 Å². The van der Waals surface area contributed by atoms with Gasteiger partial charge in [-0.3, -0.25) is 8.61 Å². The maximum absolute atomic E-state index is 11.6. The molecule has 0 bridgehead atoms. The van der Waals surface area contributed by atoms with Crippen molar-refractivity contribution in [3.8, 4) is 11.3 Å². The van der Waals surface area contributed by atoms with Gasteiger partial charge in [0.05, 0.1) is 11.9 Å². The summed E-state index contributed by atoms with van der Waals surface area (Å²) in [7, 11) is 2.98. The highest BCUT2D eigenvalue weighted by atomic mass is 32.2. The molecule has 6 nitrogen and oxygen atoms in total. The highest BCUT2D eigenvalue weighted by Crippen LogP contribution is 2.25. The summed E-state index contributed by atoms with van der Waals surface area (Å²) in [5.41, 5.74) is 4.47. The smallest absolute Gasteiger partial charge is 0.180 e. The topological polar surface area (TPSA) is 62.5 Å². The quantitative estimate of drug-likeness (QED) is 0.662. The maximum atomic E-state index is 11.6. The van der Waals surface area contributed by atoms with Crippen LogP contribution in [-0.2, 0) is 10.8 Å². The van der Waals surface area contributed by atoms with E-state index in [-0.39, 0.29) is 0 Å². The van der Waals surface area contributed by atoms with Gasteiger partial charge in [0.2, 0.25) is 0 Å². The third kappa shape index (κ3) is 4.09. The zero-order chi connectivity index (χ0) is 19.6. The Bertz CT molecular complexity index is 1030. The molecule has 0 radical (unpaired) electrons. The summed E-state index contributed by atoms with van der Waals surface area (Å²) in [5, 5.41) is 3.23. The number of nitrogens with zero attached hydrogens (tertiary/aromatic N) is 4. The molecular formula is C20H23N5OS. The van der Waals surface area contributed by atoms with Crippen molar-refractivity contribution < 1.29 is 4.21 Å². The van der Waals surface area contributed by atoms with Crippen LogP contribution < -0.4 is 5.32 Å². The molecule has 0 spiro atoms. The standard InChI is InChI=1S/C20H23N5OS/c1-14(12-15(2)24(3)4)23-19-20-22-13-18(25(20)11-10-21-19)16-6-8-17(9-7-16)27(5)26/h6-13H,1H2,2-5H3,(H,21,23)/b15-12+. The predicted molar refractivity (Wildman–Crippen MR) is 111 cm³/mol. The number of fused-ring (bicyclic) bond motifs is 1. The Morgan fingerprint density at radius 3 is 2.59 bits per heavy atom. The Kier molecular flexibility index (Phi) is 5.41. The van der Waals surface area contributed by atoms with Gasteiger partial charge in [0.15, 0.2) is 11.5 Å². The summed E-state index contributed by atoms with van der Waals surface area (Å²) in [5.74, 6) is 0.642. The fourth-order valence-corrected chi connectivity index (χ4v) is 3.13. The highest BCUT2D eigenvalue weighted by Gasteiger charge is 2.11. The lowest BCUT2D eigenvalue weighted by molar-refractivity contribution is 0.513. The van der Waals surface area contributed by atoms with Crippen molar-refractivity contribution in [2.24, 2.45) is 0 Å². The van der Waals surface area contributed by atoms with Crippen molar-refractivity contribution >= 4 is 22.3 Å². The molecule has 0 aliphatic heterocycles. The van der Waals surface area contributed by atoms with Crippen molar-refractivity contribution in [1.29, 1.82) is 0 Å². The lowest BCUT2D eigenvalue weighted by Crippen LogP contribution is -2.10. The number of hydrogen-bond acceptors (Lipinski definition) is 5. The molecule has 2 heterocycles. The van der Waals surface area contributed by atoms with Gasteiger partial charge in [-0.25, -0.2) is 9.97 Å². The number of benzene rings is 1. The molecule has 1 N–H and O–H groups in total. The first kappa shape index (κ1) is 18.8. The van der Waals surface area contributed by atoms with Crippen molar-refractivity contribution in [1.82, 2.24) is 19.3 Å². The second kappa shape index (κ2) is 7.75. The second-order valence-corrected chi connectivity index (χ2v) is 7.80. The van der Waals surface area contributed by atoms with E-state index in [2.05, 4.69) is 21.9 Å². The molecule has 1 atom stereocenters. The predicted octanol–water partition coefficient (Wildman–Crippen LogP) is 3.52. The Morgan fingerprint density at radius 2 is 1.96 bits per heavy atom. The second-order valence-electron chi connectivity index (χ2n) is 6.42. The van der Waals surface area contributed by atoms with Crippen LogP contribution in [0.3, 0.4) is 0 Å². The SMILES string of the molecule is C=C(/C=C(\C)N(C)C)Nc1nccn2c(-c3ccc(S(C)=O)cc3)cnc12. The molecule has 1 unspecified atom stereocenters. The number of hydrogen-bond donors (Lipinski definition) is 1. The molecule has 1 aromatic carbocycles. The van der Waals surface area contributed by atoms with Gasteiger partial charge in [-0.2, -0.15) is 0 Å². The summed E-state index contributed by atoms with van der Waals surface area (Å²) < 4.78 is 13.6. The molecule has 3 aromatic rings. The maximum Gasteiger partial charge on any atom is 0.180 e. The van der Waals surface area contributed by atoms with E-state index < -0.39 is 10.8 Å². The summed E-state index contributed by atoms with van der Waals surface area (Å²) >= 11 is 0. The largest absolute Gasteiger partial charge is 0.381 e. The van der Waals surface area contributed by atoms with Crippen molar-refractivity contribution in [3.63, 3.8) is 0 Å². The van der Waals surface area contributed by atoms with E-state index in [1.807, 2.05) is 73.1 Å². The van der Waals surface area contributed by atoms with Crippen LogP contribution in [0.15, 0.2) is 71.8 Å². The van der Waals surface area contributed by atoms with E-state index in [4.69, 9.17) is 0 Å². The van der Waals surface area contributed by atoms with Gasteiger partial charge in [-0.1, -0.05) is 18.7 Å². The Labute approximate surface area is 161 Å². The van der Waals surface area contributed by atoms with Gasteiger partial charge in [-0.15, -0.1) is 0 Å². The molecule has 140 valence electrons. The average Bonchev–Trinajstić information content (AvgIpc) is 3.06. The van der Waals surface area contributed by atoms with Gasteiger partial charge >= 0.3 is 0 Å². The molecule has 0 amide bonds. The van der Waals surface area contributed by atoms with E-state index in [1.54, 1.807) is 12.5 Å². The fourth-order valence-electron chi connectivity index (χ4n) is 2.61. The molecule has 7 heteroatoms. The summed E-state index contributed by atoms with van der Waals surface area (Å²) in [6.07, 6.45) is 9.04. The summed E-state index contributed by atoms with van der Waals surface area (Å²) in [6, 6.07) is 7.66. The lowest BCUT2D eigenvalue weighted by atomic mass is 10.2. The Morgan fingerprint density at radius 1 is 1.26 bits per heavy atom. The molecule has 0 aliphatic rings. The summed E-state index contributed by atoms with van der Waals surface area (Å²) in [6.45, 7) is 6.07. The Hall–Kier alpha value is -2.93. The first-order valence-corrected chi connectivity index (χ1v) is 10.00. The first-order valence-electron chi connectivity index (χ1n) is 8.44. The van der Waals surface area contributed by atoms with E-state index >= 15 is 0 Å². The summed E-state index contributed by atoms with van der Waals surface area (Å²) in [4.78, 5) is 11.7. The van der Waals surface area contributed by atoms with Gasteiger partial charge in [0, 0.05) is 65.4 Å². The van der Waals surface area contributed by atoms with Crippen molar-refractivity contribution in [2.75, 3.05) is 25.7 Å². The van der Waals surface area contributed by atoms with E-state index in [1.165, 1.54) is 0 Å². The molecule has 2 aromatic heterocycles. The minimum absolute atomic E-state index is 0.642. The Balaban J connectivity index is 1.94. The normalized spacial score (nSPS) is 12.8. The fraction of sp³-hybridized carbons (Fsp3) is 0.200. The van der Waals surface area contributed by atoms with Crippen LogP contribution in [0.2, 0.25) is 0 Å². The average molecular weight is 382 g/mol. The van der Waals surface area contributed by atoms with Gasteiger partial charge in [0.1, 0.15) is 0 Å². The van der Waals surface area contributed by atoms with E-state index in [0.29, 0.717) is 11.5 Å². The number of nitrogens with one attached hydrogen (secondary N) is 1. The van der Waals surface area contributed by atoms with Crippen LogP contribution in [0.1, 0.15) is 6.92 Å². The van der Waals surface area contributed by atoms with Crippen LogP contribution in [-0.4, -0.2) is 43.8 Å². The van der Waals surface area contributed by atoms with Crippen LogP contribution in [0.25, 0.3) is 16.9 Å². The van der Waals surface area contributed by atoms with E-state index in [0.717, 1.165) is 27.5 Å². The third-order valence-corrected chi connectivity index (χ3v) is 5.21. The molecule has 0 aliphatic carbocycles. The number of allylic oxidation sites excluding steroid dienone is 2. The first-order chi connectivity index (χ1) is 12.9. The zero-order valence-electron chi connectivity index (χ0n) is 15.9. The lowest BCUT2D eigenvalue weighted by Gasteiger charge is -2.14. The number of anilines is 1. The molecule has 0 saturated carbocycles. The zero-order valence-corrected chi connectivity index (χ0v) is 16.7. The highest BCUT2D eigenvalue weighted by molar-refractivity contribution is 7.84. The number of rotatable bonds is 6. The van der Waals surface area contributed by atoms with Crippen LogP contribution >= 0.6 is 0 Å². The van der Waals surface area contributed by atoms with Crippen LogP contribution in [0.5, 0.6) is 0 Å². The minimum Gasteiger partial charge on any atom is -0.381 e. The van der Waals surface area contributed by atoms with Crippen LogP contribution in [0, 0.1) is 0 Å². The number of imidazole rings is 1. The monoisotopic (exact) mass is 381 g/mol. The number of aromatic nitrogens is 3. The minimum atomic E-state index is -0.991. The molecule has 3 rings (SSSR count). The van der Waals surface area contributed by atoms with Gasteiger partial charge in [0.25, 0.3) is 0 Å². The molecule has 27 heavy (non-hydrogen) atoms. The van der Waals surface area contributed by atoms with Crippen LogP contribution in [0.4, 0.5) is 5.82 Å². The van der Waals surface area contributed by atoms with Crippen molar-refractivity contribution in [3.05, 3.63) is 66.9 Å². The molecule has 0 saturated heterocycles. The third-order valence-electron chi connectivity index (χ3n) is 4.28. The molecule has 0 fully saturated rings. The van der Waals surface area contributed by atoms with Crippen molar-refractivity contribution in [2.45, 2.75) is 11.8 Å².